The number of benzene rings is 2. The predicted molar refractivity (Wildman–Crippen MR) is 90.0 cm³/mol. The van der Waals surface area contributed by atoms with Crippen LogP contribution in [0.4, 0.5) is 0 Å². The summed E-state index contributed by atoms with van der Waals surface area (Å²) in [5.41, 5.74) is 2.66. The van der Waals surface area contributed by atoms with Gasteiger partial charge >= 0.3 is 0 Å². The summed E-state index contributed by atoms with van der Waals surface area (Å²) in [5, 5.41) is 0. The number of aromatic nitrogens is 2. The molecule has 0 spiro atoms. The normalized spacial score (nSPS) is 11.6. The Bertz CT molecular complexity index is 911. The Morgan fingerprint density at radius 3 is 2.26 bits per heavy atom. The molecule has 0 aliphatic carbocycles. The smallest absolute Gasteiger partial charge is 0.240 e. The lowest BCUT2D eigenvalue weighted by molar-refractivity contribution is 0.583. The van der Waals surface area contributed by atoms with Crippen LogP contribution < -0.4 is 0 Å². The molecule has 4 nitrogen and oxygen atoms in total. The quantitative estimate of drug-likeness (QED) is 0.739. The molecule has 0 aliphatic heterocycles. The van der Waals surface area contributed by atoms with Crippen LogP contribution in [0, 0.1) is 13.8 Å². The lowest BCUT2D eigenvalue weighted by atomic mass is 10.1. The number of nitrogens with zero attached hydrogens (tertiary/aromatic N) is 2. The van der Waals surface area contributed by atoms with E-state index >= 15 is 0 Å². The van der Waals surface area contributed by atoms with E-state index in [4.69, 9.17) is 0 Å². The number of imidazole rings is 1. The first-order valence-electron chi connectivity index (χ1n) is 7.38. The molecule has 3 aromatic rings. The van der Waals surface area contributed by atoms with Gasteiger partial charge in [-0.2, -0.15) is 0 Å². The lowest BCUT2D eigenvalue weighted by Gasteiger charge is -2.11. The highest BCUT2D eigenvalue weighted by Crippen LogP contribution is 2.20. The van der Waals surface area contributed by atoms with Gasteiger partial charge in [0, 0.05) is 12.6 Å². The minimum atomic E-state index is -3.64. The van der Waals surface area contributed by atoms with E-state index in [-0.39, 0.29) is 4.90 Å². The van der Waals surface area contributed by atoms with E-state index in [1.54, 1.807) is 37.4 Å². The molecular weight excluding hydrogens is 308 g/mol. The Kier molecular flexibility index (Phi) is 4.05. The summed E-state index contributed by atoms with van der Waals surface area (Å²) < 4.78 is 27.3. The van der Waals surface area contributed by atoms with Crippen LogP contribution in [0.25, 0.3) is 0 Å². The zero-order valence-corrected chi connectivity index (χ0v) is 13.9. The summed E-state index contributed by atoms with van der Waals surface area (Å²) >= 11 is 0. The van der Waals surface area contributed by atoms with Gasteiger partial charge in [-0.25, -0.2) is 17.4 Å². The molecule has 0 radical (unpaired) electrons. The zero-order chi connectivity index (χ0) is 16.4. The largest absolute Gasteiger partial charge is 0.269 e. The standard InChI is InChI=1S/C18H18N2O2S/c1-14-8-10-17(11-9-14)23(21,22)20-15(2)13-19-18(20)12-16-6-4-3-5-7-16/h3-11,13H,12H2,1-2H3. The van der Waals surface area contributed by atoms with Gasteiger partial charge in [-0.3, -0.25) is 0 Å². The van der Waals surface area contributed by atoms with Crippen molar-refractivity contribution in [2.24, 2.45) is 0 Å². The third kappa shape index (κ3) is 3.05. The van der Waals surface area contributed by atoms with Crippen molar-refractivity contribution < 1.29 is 8.42 Å². The summed E-state index contributed by atoms with van der Waals surface area (Å²) in [6.45, 7) is 3.69. The van der Waals surface area contributed by atoms with E-state index in [1.165, 1.54) is 3.97 Å². The van der Waals surface area contributed by atoms with Crippen molar-refractivity contribution >= 4 is 10.0 Å². The summed E-state index contributed by atoms with van der Waals surface area (Å²) in [4.78, 5) is 4.58. The molecule has 0 amide bonds. The maximum Gasteiger partial charge on any atom is 0.269 e. The Morgan fingerprint density at radius 2 is 1.61 bits per heavy atom. The van der Waals surface area contributed by atoms with E-state index < -0.39 is 10.0 Å². The van der Waals surface area contributed by atoms with E-state index in [9.17, 15) is 8.42 Å². The molecule has 2 aromatic carbocycles. The molecule has 0 bridgehead atoms. The molecule has 1 heterocycles. The molecule has 0 aliphatic rings. The van der Waals surface area contributed by atoms with E-state index in [0.29, 0.717) is 17.9 Å². The number of hydrogen-bond donors (Lipinski definition) is 0. The Hall–Kier alpha value is -2.40. The van der Waals surface area contributed by atoms with E-state index in [0.717, 1.165) is 11.1 Å². The maximum atomic E-state index is 13.0. The Morgan fingerprint density at radius 1 is 0.957 bits per heavy atom. The first kappa shape index (κ1) is 15.5. The monoisotopic (exact) mass is 326 g/mol. The fraction of sp³-hybridized carbons (Fsp3) is 0.167. The third-order valence-corrected chi connectivity index (χ3v) is 5.57. The van der Waals surface area contributed by atoms with Gasteiger partial charge in [0.25, 0.3) is 10.0 Å². The lowest BCUT2D eigenvalue weighted by Crippen LogP contribution is -2.17. The van der Waals surface area contributed by atoms with Crippen LogP contribution in [-0.2, 0) is 16.4 Å². The minimum absolute atomic E-state index is 0.276. The summed E-state index contributed by atoms with van der Waals surface area (Å²) in [6, 6.07) is 16.6. The molecule has 1 aromatic heterocycles. The van der Waals surface area contributed by atoms with Crippen LogP contribution in [0.15, 0.2) is 65.7 Å². The van der Waals surface area contributed by atoms with Crippen LogP contribution in [-0.4, -0.2) is 17.4 Å². The second kappa shape index (κ2) is 6.01. The molecule has 0 saturated heterocycles. The molecule has 118 valence electrons. The maximum absolute atomic E-state index is 13.0. The van der Waals surface area contributed by atoms with Crippen LogP contribution >= 0.6 is 0 Å². The van der Waals surface area contributed by atoms with Gasteiger partial charge in [-0.05, 0) is 31.5 Å². The fourth-order valence-electron chi connectivity index (χ4n) is 2.52. The first-order valence-corrected chi connectivity index (χ1v) is 8.82. The van der Waals surface area contributed by atoms with Crippen molar-refractivity contribution in [3.8, 4) is 0 Å². The highest BCUT2D eigenvalue weighted by molar-refractivity contribution is 7.90. The van der Waals surface area contributed by atoms with Crippen LogP contribution in [0.1, 0.15) is 22.6 Å². The average molecular weight is 326 g/mol. The molecule has 0 fully saturated rings. The second-order valence-electron chi connectivity index (χ2n) is 5.56. The molecule has 3 rings (SSSR count). The first-order chi connectivity index (χ1) is 11.0. The number of aryl methyl sites for hydroxylation is 2. The van der Waals surface area contributed by atoms with Crippen molar-refractivity contribution in [1.29, 1.82) is 0 Å². The highest BCUT2D eigenvalue weighted by atomic mass is 32.2. The van der Waals surface area contributed by atoms with Crippen molar-refractivity contribution in [2.75, 3.05) is 0 Å². The van der Waals surface area contributed by atoms with Crippen molar-refractivity contribution in [3.05, 3.63) is 83.4 Å². The second-order valence-corrected chi connectivity index (χ2v) is 7.35. The van der Waals surface area contributed by atoms with Gasteiger partial charge < -0.3 is 0 Å². The molecular formula is C18H18N2O2S. The highest BCUT2D eigenvalue weighted by Gasteiger charge is 2.22. The summed E-state index contributed by atoms with van der Waals surface area (Å²) in [6.07, 6.45) is 2.07. The van der Waals surface area contributed by atoms with E-state index in [2.05, 4.69) is 4.98 Å². The Labute approximate surface area is 136 Å². The molecule has 23 heavy (non-hydrogen) atoms. The van der Waals surface area contributed by atoms with Gasteiger partial charge in [0.05, 0.1) is 10.6 Å². The topological polar surface area (TPSA) is 52.0 Å². The fourth-order valence-corrected chi connectivity index (χ4v) is 4.02. The van der Waals surface area contributed by atoms with Gasteiger partial charge in [0.2, 0.25) is 0 Å². The molecule has 0 atom stereocenters. The van der Waals surface area contributed by atoms with Gasteiger partial charge in [-0.1, -0.05) is 48.0 Å². The van der Waals surface area contributed by atoms with Gasteiger partial charge in [0.15, 0.2) is 0 Å². The molecule has 0 unspecified atom stereocenters. The van der Waals surface area contributed by atoms with Crippen molar-refractivity contribution in [3.63, 3.8) is 0 Å². The number of hydrogen-bond acceptors (Lipinski definition) is 3. The SMILES string of the molecule is Cc1ccc(S(=O)(=O)n2c(C)cnc2Cc2ccccc2)cc1. The van der Waals surface area contributed by atoms with E-state index in [1.807, 2.05) is 37.3 Å². The van der Waals surface area contributed by atoms with Crippen LogP contribution in [0.2, 0.25) is 0 Å². The number of rotatable bonds is 4. The molecule has 5 heteroatoms. The summed E-state index contributed by atoms with van der Waals surface area (Å²) in [7, 11) is -3.64. The van der Waals surface area contributed by atoms with Gasteiger partial charge in [-0.15, -0.1) is 0 Å². The van der Waals surface area contributed by atoms with Crippen LogP contribution in [0.3, 0.4) is 0 Å². The molecule has 0 N–H and O–H groups in total. The summed E-state index contributed by atoms with van der Waals surface area (Å²) in [5.74, 6) is 0.522. The minimum Gasteiger partial charge on any atom is -0.240 e. The van der Waals surface area contributed by atoms with Crippen LogP contribution in [0.5, 0.6) is 0 Å². The molecule has 0 saturated carbocycles. The predicted octanol–water partition coefficient (Wildman–Crippen LogP) is 3.33. The average Bonchev–Trinajstić information content (AvgIpc) is 2.90. The van der Waals surface area contributed by atoms with Crippen molar-refractivity contribution in [1.82, 2.24) is 8.96 Å². The van der Waals surface area contributed by atoms with Gasteiger partial charge in [0.1, 0.15) is 5.82 Å². The van der Waals surface area contributed by atoms with Crippen molar-refractivity contribution in [2.45, 2.75) is 25.2 Å². The third-order valence-electron chi connectivity index (χ3n) is 3.72. The Balaban J connectivity index is 2.06. The zero-order valence-electron chi connectivity index (χ0n) is 13.1.